The molecule has 0 aromatic heterocycles. The highest BCUT2D eigenvalue weighted by Gasteiger charge is 2.20. The van der Waals surface area contributed by atoms with Gasteiger partial charge in [-0.3, -0.25) is 4.99 Å². The number of ether oxygens (including phenoxy) is 1. The van der Waals surface area contributed by atoms with E-state index in [4.69, 9.17) is 4.74 Å². The average Bonchev–Trinajstić information content (AvgIpc) is 2.78. The summed E-state index contributed by atoms with van der Waals surface area (Å²) in [5.41, 5.74) is 1.24. The molecular formula is C23H39N5O. The van der Waals surface area contributed by atoms with Crippen LogP contribution in [0.1, 0.15) is 32.6 Å². The molecule has 0 bridgehead atoms. The van der Waals surface area contributed by atoms with Gasteiger partial charge in [-0.15, -0.1) is 0 Å². The lowest BCUT2D eigenvalue weighted by molar-refractivity contribution is 0.189. The van der Waals surface area contributed by atoms with Crippen LogP contribution in [0, 0.1) is 5.92 Å². The molecule has 29 heavy (non-hydrogen) atoms. The zero-order valence-electron chi connectivity index (χ0n) is 18.6. The van der Waals surface area contributed by atoms with E-state index in [9.17, 15) is 0 Å². The van der Waals surface area contributed by atoms with Crippen LogP contribution in [0.3, 0.4) is 0 Å². The van der Waals surface area contributed by atoms with Gasteiger partial charge in [0.15, 0.2) is 5.96 Å². The number of piperazine rings is 1. The maximum absolute atomic E-state index is 5.36. The van der Waals surface area contributed by atoms with Gasteiger partial charge in [0.05, 0.1) is 7.11 Å². The first kappa shape index (κ1) is 21.8. The molecule has 0 atom stereocenters. The summed E-state index contributed by atoms with van der Waals surface area (Å²) in [6.07, 6.45) is 5.20. The number of hydrogen-bond donors (Lipinski definition) is 1. The molecule has 1 aromatic rings. The Kier molecular flexibility index (Phi) is 8.47. The fourth-order valence-corrected chi connectivity index (χ4v) is 4.26. The van der Waals surface area contributed by atoms with Crippen molar-refractivity contribution >= 4 is 11.6 Å². The Bertz CT molecular complexity index is 634. The predicted molar refractivity (Wildman–Crippen MR) is 122 cm³/mol. The third-order valence-corrected chi connectivity index (χ3v) is 6.27. The number of benzene rings is 1. The number of nitrogens with zero attached hydrogens (tertiary/aromatic N) is 4. The van der Waals surface area contributed by atoms with Crippen LogP contribution in [0.15, 0.2) is 29.3 Å². The third-order valence-electron chi connectivity index (χ3n) is 6.27. The van der Waals surface area contributed by atoms with Gasteiger partial charge < -0.3 is 24.8 Å². The average molecular weight is 402 g/mol. The van der Waals surface area contributed by atoms with Gasteiger partial charge in [-0.2, -0.15) is 0 Å². The number of piperidine rings is 1. The molecule has 2 heterocycles. The van der Waals surface area contributed by atoms with Crippen LogP contribution < -0.4 is 15.0 Å². The molecule has 1 N–H and O–H groups in total. The lowest BCUT2D eigenvalue weighted by Gasteiger charge is -2.37. The monoisotopic (exact) mass is 401 g/mol. The van der Waals surface area contributed by atoms with Crippen molar-refractivity contribution in [1.82, 2.24) is 15.1 Å². The Morgan fingerprint density at radius 3 is 2.55 bits per heavy atom. The predicted octanol–water partition coefficient (Wildman–Crippen LogP) is 2.90. The van der Waals surface area contributed by atoms with Crippen molar-refractivity contribution in [2.75, 3.05) is 71.4 Å². The summed E-state index contributed by atoms with van der Waals surface area (Å²) in [7, 11) is 3.62. The maximum atomic E-state index is 5.36. The van der Waals surface area contributed by atoms with E-state index < -0.39 is 0 Å². The minimum Gasteiger partial charge on any atom is -0.497 e. The van der Waals surface area contributed by atoms with Gasteiger partial charge in [0.1, 0.15) is 5.75 Å². The number of methoxy groups -OCH3 is 1. The fourth-order valence-electron chi connectivity index (χ4n) is 4.26. The van der Waals surface area contributed by atoms with Crippen LogP contribution in [0.5, 0.6) is 5.75 Å². The van der Waals surface area contributed by atoms with Gasteiger partial charge in [-0.1, -0.05) is 13.0 Å². The normalized spacial score (nSPS) is 19.5. The summed E-state index contributed by atoms with van der Waals surface area (Å²) >= 11 is 0. The summed E-state index contributed by atoms with van der Waals surface area (Å²) in [4.78, 5) is 11.9. The van der Waals surface area contributed by atoms with Crippen molar-refractivity contribution < 1.29 is 4.74 Å². The highest BCUT2D eigenvalue weighted by Crippen LogP contribution is 2.22. The van der Waals surface area contributed by atoms with E-state index in [1.165, 1.54) is 51.0 Å². The Balaban J connectivity index is 1.34. The Morgan fingerprint density at radius 1 is 1.10 bits per heavy atom. The molecule has 2 fully saturated rings. The SMILES string of the molecule is CN=C(NCCCCN1CCC(C)CC1)N1CCN(c2cccc(OC)c2)CC1. The van der Waals surface area contributed by atoms with Crippen LogP contribution in [0.2, 0.25) is 0 Å². The smallest absolute Gasteiger partial charge is 0.193 e. The number of hydrogen-bond acceptors (Lipinski definition) is 4. The first-order valence-corrected chi connectivity index (χ1v) is 11.3. The van der Waals surface area contributed by atoms with Crippen molar-refractivity contribution in [3.8, 4) is 5.75 Å². The van der Waals surface area contributed by atoms with E-state index in [0.717, 1.165) is 50.4 Å². The molecule has 162 valence electrons. The Labute approximate surface area is 176 Å². The standard InChI is InChI=1S/C23H39N5O/c1-20-9-13-26(14-10-20)12-5-4-11-25-23(24-2)28-17-15-27(16-18-28)21-7-6-8-22(19-21)29-3/h6-8,19-20H,4-5,9-18H2,1-3H3,(H,24,25). The molecule has 6 heteroatoms. The number of aliphatic imine (C=N–C) groups is 1. The second-order valence-electron chi connectivity index (χ2n) is 8.38. The number of unbranched alkanes of at least 4 members (excludes halogenated alkanes) is 1. The summed E-state index contributed by atoms with van der Waals surface area (Å²) in [5, 5.41) is 3.58. The zero-order chi connectivity index (χ0) is 20.5. The van der Waals surface area contributed by atoms with Gasteiger partial charge in [-0.05, 0) is 63.4 Å². The van der Waals surface area contributed by atoms with Crippen LogP contribution in [0.4, 0.5) is 5.69 Å². The Hall–Kier alpha value is -1.95. The number of rotatable bonds is 7. The molecule has 2 aliphatic rings. The van der Waals surface area contributed by atoms with Crippen LogP contribution >= 0.6 is 0 Å². The molecule has 2 aliphatic heterocycles. The molecule has 0 spiro atoms. The first-order valence-electron chi connectivity index (χ1n) is 11.3. The van der Waals surface area contributed by atoms with Crippen molar-refractivity contribution in [3.63, 3.8) is 0 Å². The van der Waals surface area contributed by atoms with Gasteiger partial charge in [0.2, 0.25) is 0 Å². The molecule has 2 saturated heterocycles. The first-order chi connectivity index (χ1) is 14.2. The number of nitrogens with one attached hydrogen (secondary N) is 1. The fraction of sp³-hybridized carbons (Fsp3) is 0.696. The summed E-state index contributed by atoms with van der Waals surface area (Å²) < 4.78 is 5.36. The van der Waals surface area contributed by atoms with E-state index in [1.54, 1.807) is 7.11 Å². The van der Waals surface area contributed by atoms with Crippen LogP contribution in [-0.2, 0) is 0 Å². The van der Waals surface area contributed by atoms with Gasteiger partial charge in [0.25, 0.3) is 0 Å². The van der Waals surface area contributed by atoms with Crippen LogP contribution in [0.25, 0.3) is 0 Å². The van der Waals surface area contributed by atoms with Crippen molar-refractivity contribution in [3.05, 3.63) is 24.3 Å². The largest absolute Gasteiger partial charge is 0.497 e. The minimum atomic E-state index is 0.917. The van der Waals surface area contributed by atoms with Gasteiger partial charge in [0, 0.05) is 51.5 Å². The molecule has 3 rings (SSSR count). The summed E-state index contributed by atoms with van der Waals surface area (Å²) in [5.74, 6) is 2.88. The van der Waals surface area contributed by atoms with Gasteiger partial charge in [-0.25, -0.2) is 0 Å². The summed E-state index contributed by atoms with van der Waals surface area (Å²) in [6, 6.07) is 8.34. The van der Waals surface area contributed by atoms with Crippen molar-refractivity contribution in [2.24, 2.45) is 10.9 Å². The van der Waals surface area contributed by atoms with E-state index >= 15 is 0 Å². The maximum Gasteiger partial charge on any atom is 0.193 e. The van der Waals surface area contributed by atoms with Crippen LogP contribution in [-0.4, -0.2) is 82.3 Å². The van der Waals surface area contributed by atoms with E-state index in [2.05, 4.69) is 50.1 Å². The molecule has 6 nitrogen and oxygen atoms in total. The second-order valence-corrected chi connectivity index (χ2v) is 8.38. The van der Waals surface area contributed by atoms with Crippen molar-refractivity contribution in [2.45, 2.75) is 32.6 Å². The molecule has 1 aromatic carbocycles. The molecule has 0 amide bonds. The molecule has 0 saturated carbocycles. The highest BCUT2D eigenvalue weighted by atomic mass is 16.5. The topological polar surface area (TPSA) is 43.3 Å². The molecule has 0 radical (unpaired) electrons. The zero-order valence-corrected chi connectivity index (χ0v) is 18.6. The second kappa shape index (κ2) is 11.3. The molecular weight excluding hydrogens is 362 g/mol. The minimum absolute atomic E-state index is 0.917. The molecule has 0 aliphatic carbocycles. The van der Waals surface area contributed by atoms with E-state index in [0.29, 0.717) is 0 Å². The molecule has 0 unspecified atom stereocenters. The quantitative estimate of drug-likeness (QED) is 0.432. The van der Waals surface area contributed by atoms with E-state index in [-0.39, 0.29) is 0 Å². The van der Waals surface area contributed by atoms with Gasteiger partial charge >= 0.3 is 0 Å². The summed E-state index contributed by atoms with van der Waals surface area (Å²) in [6.45, 7) is 11.2. The number of guanidine groups is 1. The Morgan fingerprint density at radius 2 is 1.86 bits per heavy atom. The lowest BCUT2D eigenvalue weighted by Crippen LogP contribution is -2.52. The lowest BCUT2D eigenvalue weighted by atomic mass is 9.99. The highest BCUT2D eigenvalue weighted by molar-refractivity contribution is 5.80. The van der Waals surface area contributed by atoms with E-state index in [1.807, 2.05) is 13.1 Å². The number of likely N-dealkylation sites (tertiary alicyclic amines) is 1. The third kappa shape index (κ3) is 6.53. The van der Waals surface area contributed by atoms with Crippen molar-refractivity contribution in [1.29, 1.82) is 0 Å². The number of anilines is 1.